The third-order valence-electron chi connectivity index (χ3n) is 6.56. The molecule has 1 unspecified atom stereocenters. The van der Waals surface area contributed by atoms with Gasteiger partial charge in [-0.25, -0.2) is 4.98 Å². The zero-order valence-corrected chi connectivity index (χ0v) is 18.3. The van der Waals surface area contributed by atoms with E-state index in [0.29, 0.717) is 24.6 Å². The first-order valence-corrected chi connectivity index (χ1v) is 11.3. The molecular weight excluding hydrogens is 404 g/mol. The average Bonchev–Trinajstić information content (AvgIpc) is 3.28. The van der Waals surface area contributed by atoms with Crippen LogP contribution in [-0.4, -0.2) is 69.4 Å². The summed E-state index contributed by atoms with van der Waals surface area (Å²) >= 11 is 0. The van der Waals surface area contributed by atoms with Gasteiger partial charge < -0.3 is 14.8 Å². The highest BCUT2D eigenvalue weighted by molar-refractivity contribution is 5.93. The summed E-state index contributed by atoms with van der Waals surface area (Å²) in [5.74, 6) is 0.401. The van der Waals surface area contributed by atoms with E-state index in [1.165, 1.54) is 0 Å². The molecule has 0 saturated carbocycles. The summed E-state index contributed by atoms with van der Waals surface area (Å²) in [6.07, 6.45) is 3.28. The van der Waals surface area contributed by atoms with Crippen LogP contribution in [0.25, 0.3) is 10.9 Å². The Balaban J connectivity index is 1.23. The molecule has 8 nitrogen and oxygen atoms in total. The third-order valence-corrected chi connectivity index (χ3v) is 6.56. The van der Waals surface area contributed by atoms with E-state index >= 15 is 0 Å². The second-order valence-electron chi connectivity index (χ2n) is 8.53. The van der Waals surface area contributed by atoms with Crippen molar-refractivity contribution < 1.29 is 9.59 Å². The minimum absolute atomic E-state index is 0.00443. The molecule has 1 fully saturated rings. The topological polar surface area (TPSA) is 83.4 Å². The summed E-state index contributed by atoms with van der Waals surface area (Å²) in [4.78, 5) is 38.9. The highest BCUT2D eigenvalue weighted by Crippen LogP contribution is 2.28. The van der Waals surface area contributed by atoms with Crippen molar-refractivity contribution in [1.82, 2.24) is 29.7 Å². The molecule has 5 rings (SSSR count). The van der Waals surface area contributed by atoms with Gasteiger partial charge in [0.2, 0.25) is 5.91 Å². The number of para-hydroxylation sites is 1. The first-order valence-electron chi connectivity index (χ1n) is 11.3. The summed E-state index contributed by atoms with van der Waals surface area (Å²) < 4.78 is 1.94. The van der Waals surface area contributed by atoms with Crippen molar-refractivity contribution in [2.24, 2.45) is 0 Å². The van der Waals surface area contributed by atoms with Crippen LogP contribution in [0.5, 0.6) is 0 Å². The summed E-state index contributed by atoms with van der Waals surface area (Å²) in [5, 5.41) is 3.86. The van der Waals surface area contributed by atoms with Gasteiger partial charge in [0.1, 0.15) is 11.5 Å². The standard InChI is InChI=1S/C24H28N6O2/c1-25-23(31)19-6-4-10-30-21(15-26-22(19)30)24(32)29-13-11-28(12-14-29)16-18-9-8-17-5-2-3-7-20(17)27-18/h2-3,5,7-9,15,19H,4,6,10-14,16H2,1H3,(H,25,31). The van der Waals surface area contributed by atoms with Crippen LogP contribution in [-0.2, 0) is 17.9 Å². The monoisotopic (exact) mass is 432 g/mol. The van der Waals surface area contributed by atoms with Crippen molar-refractivity contribution >= 4 is 22.7 Å². The van der Waals surface area contributed by atoms with Crippen LogP contribution in [0.3, 0.4) is 0 Å². The zero-order valence-electron chi connectivity index (χ0n) is 18.3. The molecule has 2 aromatic heterocycles. The number of nitrogens with zero attached hydrogens (tertiary/aromatic N) is 5. The smallest absolute Gasteiger partial charge is 0.272 e. The molecule has 166 valence electrons. The molecule has 1 aromatic carbocycles. The molecule has 0 bridgehead atoms. The fraction of sp³-hybridized carbons (Fsp3) is 0.417. The van der Waals surface area contributed by atoms with Gasteiger partial charge in [0, 0.05) is 51.7 Å². The number of nitrogens with one attached hydrogen (secondary N) is 1. The molecular formula is C24H28N6O2. The minimum atomic E-state index is -0.276. The van der Waals surface area contributed by atoms with E-state index < -0.39 is 0 Å². The number of fused-ring (bicyclic) bond motifs is 2. The number of piperazine rings is 1. The number of pyridine rings is 1. The van der Waals surface area contributed by atoms with Crippen molar-refractivity contribution in [3.8, 4) is 0 Å². The number of hydrogen-bond donors (Lipinski definition) is 1. The lowest BCUT2D eigenvalue weighted by atomic mass is 9.98. The van der Waals surface area contributed by atoms with E-state index in [0.717, 1.165) is 55.6 Å². The first kappa shape index (κ1) is 20.6. The number of carbonyl (C=O) groups is 2. The maximum atomic E-state index is 13.2. The average molecular weight is 433 g/mol. The maximum Gasteiger partial charge on any atom is 0.272 e. The summed E-state index contributed by atoms with van der Waals surface area (Å²) in [5.41, 5.74) is 2.66. The van der Waals surface area contributed by atoms with E-state index in [2.05, 4.69) is 33.4 Å². The Kier molecular flexibility index (Phi) is 5.61. The van der Waals surface area contributed by atoms with Gasteiger partial charge in [-0.3, -0.25) is 19.5 Å². The van der Waals surface area contributed by atoms with Gasteiger partial charge in [-0.1, -0.05) is 24.3 Å². The van der Waals surface area contributed by atoms with Crippen molar-refractivity contribution in [2.45, 2.75) is 31.8 Å². The first-order chi connectivity index (χ1) is 15.6. The van der Waals surface area contributed by atoms with Gasteiger partial charge in [-0.15, -0.1) is 0 Å². The number of carbonyl (C=O) groups excluding carboxylic acids is 2. The molecule has 2 amide bonds. The number of amides is 2. The number of aromatic nitrogens is 3. The fourth-order valence-corrected chi connectivity index (χ4v) is 4.78. The molecule has 0 aliphatic carbocycles. The molecule has 4 heterocycles. The van der Waals surface area contributed by atoms with Gasteiger partial charge in [0.15, 0.2) is 0 Å². The molecule has 1 N–H and O–H groups in total. The molecule has 0 spiro atoms. The van der Waals surface area contributed by atoms with E-state index in [9.17, 15) is 9.59 Å². The molecule has 0 radical (unpaired) electrons. The van der Waals surface area contributed by atoms with Crippen LogP contribution in [0.1, 0.15) is 40.8 Å². The van der Waals surface area contributed by atoms with Crippen molar-refractivity contribution in [1.29, 1.82) is 0 Å². The molecule has 1 atom stereocenters. The van der Waals surface area contributed by atoms with Gasteiger partial charge in [0.25, 0.3) is 5.91 Å². The lowest BCUT2D eigenvalue weighted by molar-refractivity contribution is -0.122. The lowest BCUT2D eigenvalue weighted by Gasteiger charge is -2.35. The minimum Gasteiger partial charge on any atom is -0.359 e. The largest absolute Gasteiger partial charge is 0.359 e. The van der Waals surface area contributed by atoms with Crippen LogP contribution >= 0.6 is 0 Å². The van der Waals surface area contributed by atoms with E-state index in [4.69, 9.17) is 4.98 Å². The number of hydrogen-bond acceptors (Lipinski definition) is 5. The van der Waals surface area contributed by atoms with Gasteiger partial charge in [-0.05, 0) is 25.0 Å². The fourth-order valence-electron chi connectivity index (χ4n) is 4.78. The van der Waals surface area contributed by atoms with E-state index in [1.807, 2.05) is 27.7 Å². The molecule has 2 aliphatic rings. The van der Waals surface area contributed by atoms with Crippen LogP contribution < -0.4 is 5.32 Å². The van der Waals surface area contributed by atoms with E-state index in [-0.39, 0.29) is 17.7 Å². The van der Waals surface area contributed by atoms with Gasteiger partial charge >= 0.3 is 0 Å². The maximum absolute atomic E-state index is 13.2. The summed E-state index contributed by atoms with van der Waals surface area (Å²) in [6, 6.07) is 12.3. The molecule has 3 aromatic rings. The molecule has 32 heavy (non-hydrogen) atoms. The van der Waals surface area contributed by atoms with Gasteiger partial charge in [-0.2, -0.15) is 0 Å². The molecule has 1 saturated heterocycles. The van der Waals surface area contributed by atoms with Crippen LogP contribution in [0.15, 0.2) is 42.6 Å². The van der Waals surface area contributed by atoms with Crippen LogP contribution in [0.2, 0.25) is 0 Å². The number of rotatable bonds is 4. The lowest BCUT2D eigenvalue weighted by Crippen LogP contribution is -2.48. The van der Waals surface area contributed by atoms with Crippen molar-refractivity contribution in [3.63, 3.8) is 0 Å². The van der Waals surface area contributed by atoms with E-state index in [1.54, 1.807) is 13.2 Å². The Hall–Kier alpha value is -3.26. The molecule has 8 heteroatoms. The van der Waals surface area contributed by atoms with Crippen LogP contribution in [0.4, 0.5) is 0 Å². The second-order valence-corrected chi connectivity index (χ2v) is 8.53. The Labute approximate surface area is 187 Å². The van der Waals surface area contributed by atoms with Crippen molar-refractivity contribution in [3.05, 3.63) is 59.8 Å². The summed E-state index contributed by atoms with van der Waals surface area (Å²) in [6.45, 7) is 4.47. The zero-order chi connectivity index (χ0) is 22.1. The number of benzene rings is 1. The highest BCUT2D eigenvalue weighted by atomic mass is 16.2. The third kappa shape index (κ3) is 3.86. The normalized spacial score (nSPS) is 19.0. The quantitative estimate of drug-likeness (QED) is 0.682. The Bertz CT molecular complexity index is 1150. The predicted molar refractivity (Wildman–Crippen MR) is 121 cm³/mol. The predicted octanol–water partition coefficient (Wildman–Crippen LogP) is 2.01. The molecule has 2 aliphatic heterocycles. The van der Waals surface area contributed by atoms with Crippen LogP contribution in [0, 0.1) is 0 Å². The number of likely N-dealkylation sites (N-methyl/N-ethyl adjacent to an activating group) is 1. The number of imidazole rings is 1. The Morgan fingerprint density at radius 3 is 2.69 bits per heavy atom. The SMILES string of the molecule is CNC(=O)C1CCCn2c(C(=O)N3CCN(Cc4ccc5ccccc5n4)CC3)cnc21. The Morgan fingerprint density at radius 2 is 1.88 bits per heavy atom. The summed E-state index contributed by atoms with van der Waals surface area (Å²) in [7, 11) is 1.64. The van der Waals surface area contributed by atoms with Crippen molar-refractivity contribution in [2.75, 3.05) is 33.2 Å². The van der Waals surface area contributed by atoms with Gasteiger partial charge in [0.05, 0.1) is 23.3 Å². The Morgan fingerprint density at radius 1 is 1.06 bits per heavy atom. The highest BCUT2D eigenvalue weighted by Gasteiger charge is 2.32. The second kappa shape index (κ2) is 8.70.